The Kier molecular flexibility index (Phi) is 4.91. The molecule has 0 fully saturated rings. The molecule has 0 saturated heterocycles. The summed E-state index contributed by atoms with van der Waals surface area (Å²) in [4.78, 5) is 2.29. The molecule has 1 aliphatic heterocycles. The average Bonchev–Trinajstić information content (AvgIpc) is 2.90. The fourth-order valence-electron chi connectivity index (χ4n) is 3.13. The Labute approximate surface area is 135 Å². The van der Waals surface area contributed by atoms with Gasteiger partial charge in [0.05, 0.1) is 6.20 Å². The summed E-state index contributed by atoms with van der Waals surface area (Å²) in [7, 11) is 2.12. The van der Waals surface area contributed by atoms with Gasteiger partial charge < -0.3 is 10.2 Å². The maximum atomic E-state index is 12.4. The number of aromatic nitrogens is 2. The van der Waals surface area contributed by atoms with E-state index >= 15 is 0 Å². The second-order valence-corrected chi connectivity index (χ2v) is 6.02. The van der Waals surface area contributed by atoms with Gasteiger partial charge in [-0.1, -0.05) is 18.2 Å². The molecular formula is C17H22F2N4. The van der Waals surface area contributed by atoms with E-state index in [0.717, 1.165) is 24.9 Å². The topological polar surface area (TPSA) is 33.1 Å². The van der Waals surface area contributed by atoms with Gasteiger partial charge in [0, 0.05) is 43.6 Å². The van der Waals surface area contributed by atoms with Gasteiger partial charge in [-0.2, -0.15) is 5.10 Å². The molecule has 0 radical (unpaired) electrons. The second kappa shape index (κ2) is 7.08. The lowest BCUT2D eigenvalue weighted by atomic mass is 10.0. The average molecular weight is 320 g/mol. The first-order valence-corrected chi connectivity index (χ1v) is 7.96. The molecule has 0 saturated carbocycles. The van der Waals surface area contributed by atoms with E-state index in [2.05, 4.69) is 46.6 Å². The summed E-state index contributed by atoms with van der Waals surface area (Å²) in [6.07, 6.45) is 3.15. The summed E-state index contributed by atoms with van der Waals surface area (Å²) >= 11 is 0. The largest absolute Gasteiger partial charge is 0.374 e. The summed E-state index contributed by atoms with van der Waals surface area (Å²) in [5.41, 5.74) is 3.49. The van der Waals surface area contributed by atoms with Gasteiger partial charge in [0.2, 0.25) is 0 Å². The Morgan fingerprint density at radius 2 is 2.17 bits per heavy atom. The first-order valence-electron chi connectivity index (χ1n) is 7.96. The summed E-state index contributed by atoms with van der Waals surface area (Å²) in [6, 6.07) is 8.71. The third-order valence-electron chi connectivity index (χ3n) is 4.27. The number of nitrogens with zero attached hydrogens (tertiary/aromatic N) is 3. The number of rotatable bonds is 5. The van der Waals surface area contributed by atoms with Gasteiger partial charge in [-0.3, -0.25) is 4.68 Å². The Morgan fingerprint density at radius 3 is 3.00 bits per heavy atom. The Bertz CT molecular complexity index is 641. The van der Waals surface area contributed by atoms with Crippen molar-refractivity contribution >= 4 is 5.69 Å². The Hall–Kier alpha value is -1.95. The van der Waals surface area contributed by atoms with Crippen molar-refractivity contribution in [3.8, 4) is 0 Å². The highest BCUT2D eigenvalue weighted by Crippen LogP contribution is 2.32. The van der Waals surface area contributed by atoms with Crippen LogP contribution >= 0.6 is 0 Å². The molecule has 1 atom stereocenters. The lowest BCUT2D eigenvalue weighted by molar-refractivity contribution is 0.122. The fourth-order valence-corrected chi connectivity index (χ4v) is 3.13. The number of anilines is 1. The van der Waals surface area contributed by atoms with E-state index in [1.54, 1.807) is 12.4 Å². The lowest BCUT2D eigenvalue weighted by Crippen LogP contribution is -2.21. The molecule has 4 nitrogen and oxygen atoms in total. The van der Waals surface area contributed by atoms with Crippen LogP contribution in [0.4, 0.5) is 14.5 Å². The smallest absolute Gasteiger partial charge is 0.257 e. The van der Waals surface area contributed by atoms with Crippen LogP contribution in [0.25, 0.3) is 0 Å². The van der Waals surface area contributed by atoms with Crippen LogP contribution in [0.15, 0.2) is 36.7 Å². The van der Waals surface area contributed by atoms with Crippen LogP contribution in [0.5, 0.6) is 0 Å². The summed E-state index contributed by atoms with van der Waals surface area (Å²) in [5, 5.41) is 7.54. The minimum absolute atomic E-state index is 0.273. The molecule has 1 unspecified atom stereocenters. The number of hydrogen-bond acceptors (Lipinski definition) is 3. The van der Waals surface area contributed by atoms with Crippen molar-refractivity contribution < 1.29 is 8.78 Å². The molecule has 1 N–H and O–H groups in total. The van der Waals surface area contributed by atoms with Crippen molar-refractivity contribution in [3.05, 3.63) is 47.8 Å². The van der Waals surface area contributed by atoms with E-state index < -0.39 is 6.43 Å². The van der Waals surface area contributed by atoms with E-state index in [0.29, 0.717) is 6.54 Å². The molecule has 1 aliphatic rings. The molecule has 2 aromatic rings. The van der Waals surface area contributed by atoms with Crippen LogP contribution in [0.2, 0.25) is 0 Å². The SMILES string of the molecule is CN1CCCC(NCc2cnn(CC(F)F)c2)c2ccccc21. The van der Waals surface area contributed by atoms with Crippen molar-refractivity contribution in [2.24, 2.45) is 0 Å². The molecule has 0 spiro atoms. The van der Waals surface area contributed by atoms with E-state index in [1.807, 2.05) is 0 Å². The lowest BCUT2D eigenvalue weighted by Gasteiger charge is -2.22. The number of hydrogen-bond donors (Lipinski definition) is 1. The van der Waals surface area contributed by atoms with Crippen LogP contribution in [-0.2, 0) is 13.1 Å². The molecule has 23 heavy (non-hydrogen) atoms. The van der Waals surface area contributed by atoms with Crippen molar-refractivity contribution in [2.75, 3.05) is 18.5 Å². The number of alkyl halides is 2. The fraction of sp³-hybridized carbons (Fsp3) is 0.471. The normalized spacial score (nSPS) is 18.1. The van der Waals surface area contributed by atoms with Gasteiger partial charge in [0.1, 0.15) is 6.54 Å². The van der Waals surface area contributed by atoms with E-state index in [1.165, 1.54) is 15.9 Å². The molecule has 2 heterocycles. The van der Waals surface area contributed by atoms with Crippen molar-refractivity contribution in [1.82, 2.24) is 15.1 Å². The Morgan fingerprint density at radius 1 is 1.35 bits per heavy atom. The zero-order valence-electron chi connectivity index (χ0n) is 13.3. The molecule has 1 aromatic carbocycles. The van der Waals surface area contributed by atoms with Gasteiger partial charge in [-0.25, -0.2) is 8.78 Å². The van der Waals surface area contributed by atoms with Gasteiger partial charge in [-0.05, 0) is 24.5 Å². The number of nitrogens with one attached hydrogen (secondary N) is 1. The molecule has 1 aromatic heterocycles. The van der Waals surface area contributed by atoms with Crippen LogP contribution < -0.4 is 10.2 Å². The molecule has 124 valence electrons. The van der Waals surface area contributed by atoms with E-state index in [9.17, 15) is 8.78 Å². The number of para-hydroxylation sites is 1. The van der Waals surface area contributed by atoms with Crippen molar-refractivity contribution in [2.45, 2.75) is 38.4 Å². The standard InChI is InChI=1S/C17H22F2N4/c1-22-8-4-6-15(14-5-2-3-7-16(14)22)20-9-13-10-21-23(11-13)12-17(18)19/h2-3,5,7,10-11,15,17,20H,4,6,8-9,12H2,1H3. The molecule has 0 amide bonds. The number of fused-ring (bicyclic) bond motifs is 1. The minimum Gasteiger partial charge on any atom is -0.374 e. The number of benzene rings is 1. The van der Waals surface area contributed by atoms with Crippen LogP contribution in [0.1, 0.15) is 30.0 Å². The van der Waals surface area contributed by atoms with Crippen molar-refractivity contribution in [3.63, 3.8) is 0 Å². The third-order valence-corrected chi connectivity index (χ3v) is 4.27. The first-order chi connectivity index (χ1) is 11.1. The van der Waals surface area contributed by atoms with E-state index in [4.69, 9.17) is 0 Å². The highest BCUT2D eigenvalue weighted by molar-refractivity contribution is 5.55. The molecule has 0 bridgehead atoms. The summed E-state index contributed by atoms with van der Waals surface area (Å²) in [6.45, 7) is 1.32. The van der Waals surface area contributed by atoms with Crippen LogP contribution in [0, 0.1) is 0 Å². The molecule has 0 aliphatic carbocycles. The second-order valence-electron chi connectivity index (χ2n) is 6.02. The Balaban J connectivity index is 1.68. The van der Waals surface area contributed by atoms with Crippen LogP contribution in [-0.4, -0.2) is 29.8 Å². The molecule has 3 rings (SSSR count). The highest BCUT2D eigenvalue weighted by atomic mass is 19.3. The zero-order valence-corrected chi connectivity index (χ0v) is 13.3. The maximum absolute atomic E-state index is 12.4. The number of halogens is 2. The highest BCUT2D eigenvalue weighted by Gasteiger charge is 2.20. The third kappa shape index (κ3) is 3.88. The van der Waals surface area contributed by atoms with E-state index in [-0.39, 0.29) is 12.6 Å². The van der Waals surface area contributed by atoms with Gasteiger partial charge >= 0.3 is 0 Å². The van der Waals surface area contributed by atoms with Gasteiger partial charge in [0.25, 0.3) is 6.43 Å². The van der Waals surface area contributed by atoms with Gasteiger partial charge in [0.15, 0.2) is 0 Å². The minimum atomic E-state index is -2.38. The predicted molar refractivity (Wildman–Crippen MR) is 86.8 cm³/mol. The summed E-state index contributed by atoms with van der Waals surface area (Å²) < 4.78 is 26.0. The van der Waals surface area contributed by atoms with Crippen molar-refractivity contribution in [1.29, 1.82) is 0 Å². The molecular weight excluding hydrogens is 298 g/mol. The quantitative estimate of drug-likeness (QED) is 0.918. The summed E-state index contributed by atoms with van der Waals surface area (Å²) in [5.74, 6) is 0. The van der Waals surface area contributed by atoms with Gasteiger partial charge in [-0.15, -0.1) is 0 Å². The van der Waals surface area contributed by atoms with Crippen LogP contribution in [0.3, 0.4) is 0 Å². The molecule has 6 heteroatoms. The monoisotopic (exact) mass is 320 g/mol. The zero-order chi connectivity index (χ0) is 16.2. The predicted octanol–water partition coefficient (Wildman–Crippen LogP) is 3.21. The maximum Gasteiger partial charge on any atom is 0.257 e. The first kappa shape index (κ1) is 15.9.